The van der Waals surface area contributed by atoms with E-state index in [9.17, 15) is 9.59 Å². The quantitative estimate of drug-likeness (QED) is 0.877. The van der Waals surface area contributed by atoms with Gasteiger partial charge in [0.1, 0.15) is 6.04 Å². The maximum atomic E-state index is 12.8. The SMILES string of the molecule is CC(=O)N1Cc2ccccc2C[C@H]1C(=O)NC(C)CN1CCOCC1. The first-order valence-electron chi connectivity index (χ1n) is 8.99. The van der Waals surface area contributed by atoms with E-state index in [1.165, 1.54) is 6.92 Å². The van der Waals surface area contributed by atoms with Crippen molar-refractivity contribution in [1.82, 2.24) is 15.1 Å². The molecule has 6 heteroatoms. The third kappa shape index (κ3) is 4.38. The van der Waals surface area contributed by atoms with Gasteiger partial charge in [0.05, 0.1) is 13.2 Å². The molecule has 2 heterocycles. The first-order valence-corrected chi connectivity index (χ1v) is 8.99. The Morgan fingerprint density at radius 1 is 1.24 bits per heavy atom. The van der Waals surface area contributed by atoms with Crippen LogP contribution in [0.2, 0.25) is 0 Å². The summed E-state index contributed by atoms with van der Waals surface area (Å²) in [6.07, 6.45) is 0.575. The van der Waals surface area contributed by atoms with E-state index in [2.05, 4.69) is 10.2 Å². The largest absolute Gasteiger partial charge is 0.379 e. The van der Waals surface area contributed by atoms with Gasteiger partial charge in [0.2, 0.25) is 11.8 Å². The zero-order chi connectivity index (χ0) is 17.8. The number of nitrogens with zero attached hydrogens (tertiary/aromatic N) is 2. The van der Waals surface area contributed by atoms with E-state index in [1.807, 2.05) is 31.2 Å². The van der Waals surface area contributed by atoms with Crippen LogP contribution in [0.25, 0.3) is 0 Å². The Hall–Kier alpha value is -1.92. The van der Waals surface area contributed by atoms with E-state index in [0.717, 1.165) is 44.0 Å². The maximum Gasteiger partial charge on any atom is 0.243 e. The molecule has 0 saturated carbocycles. The van der Waals surface area contributed by atoms with E-state index < -0.39 is 6.04 Å². The summed E-state index contributed by atoms with van der Waals surface area (Å²) in [6.45, 7) is 8.15. The fourth-order valence-electron chi connectivity index (χ4n) is 3.64. The van der Waals surface area contributed by atoms with Crippen LogP contribution in [0, 0.1) is 0 Å². The average molecular weight is 345 g/mol. The van der Waals surface area contributed by atoms with Crippen molar-refractivity contribution in [3.8, 4) is 0 Å². The minimum absolute atomic E-state index is 0.0385. The second-order valence-corrected chi connectivity index (χ2v) is 6.96. The molecule has 3 rings (SSSR count). The number of carbonyl (C=O) groups is 2. The number of rotatable bonds is 4. The first kappa shape index (κ1) is 17.9. The van der Waals surface area contributed by atoms with Gasteiger partial charge in [0.15, 0.2) is 0 Å². The molecule has 2 aliphatic rings. The summed E-state index contributed by atoms with van der Waals surface area (Å²) in [4.78, 5) is 28.9. The van der Waals surface area contributed by atoms with Gasteiger partial charge in [0, 0.05) is 45.6 Å². The van der Waals surface area contributed by atoms with Crippen LogP contribution in [-0.2, 0) is 27.3 Å². The van der Waals surface area contributed by atoms with E-state index in [-0.39, 0.29) is 17.9 Å². The molecule has 25 heavy (non-hydrogen) atoms. The lowest BCUT2D eigenvalue weighted by atomic mass is 9.93. The predicted octanol–water partition coefficient (Wildman–Crippen LogP) is 0.797. The summed E-state index contributed by atoms with van der Waals surface area (Å²) in [7, 11) is 0. The molecule has 1 aromatic carbocycles. The lowest BCUT2D eigenvalue weighted by molar-refractivity contribution is -0.140. The highest BCUT2D eigenvalue weighted by molar-refractivity contribution is 5.88. The Kier molecular flexibility index (Phi) is 5.71. The smallest absolute Gasteiger partial charge is 0.243 e. The van der Waals surface area contributed by atoms with E-state index in [1.54, 1.807) is 4.90 Å². The van der Waals surface area contributed by atoms with Crippen LogP contribution >= 0.6 is 0 Å². The van der Waals surface area contributed by atoms with Gasteiger partial charge >= 0.3 is 0 Å². The van der Waals surface area contributed by atoms with Crippen LogP contribution in [0.15, 0.2) is 24.3 Å². The molecule has 0 aliphatic carbocycles. The third-order valence-corrected chi connectivity index (χ3v) is 4.98. The number of morpholine rings is 1. The second kappa shape index (κ2) is 7.97. The van der Waals surface area contributed by atoms with Crippen LogP contribution < -0.4 is 5.32 Å². The molecule has 6 nitrogen and oxygen atoms in total. The summed E-state index contributed by atoms with van der Waals surface area (Å²) in [5, 5.41) is 3.10. The molecule has 1 saturated heterocycles. The van der Waals surface area contributed by atoms with Crippen molar-refractivity contribution in [2.24, 2.45) is 0 Å². The monoisotopic (exact) mass is 345 g/mol. The van der Waals surface area contributed by atoms with Crippen molar-refractivity contribution in [1.29, 1.82) is 0 Å². The lowest BCUT2D eigenvalue weighted by Gasteiger charge is -2.36. The van der Waals surface area contributed by atoms with Gasteiger partial charge in [0.25, 0.3) is 0 Å². The highest BCUT2D eigenvalue weighted by atomic mass is 16.5. The number of ether oxygens (including phenoxy) is 1. The van der Waals surface area contributed by atoms with Crippen molar-refractivity contribution in [3.63, 3.8) is 0 Å². The van der Waals surface area contributed by atoms with Crippen LogP contribution in [0.5, 0.6) is 0 Å². The molecule has 2 atom stereocenters. The summed E-state index contributed by atoms with van der Waals surface area (Å²) < 4.78 is 5.36. The number of nitrogens with one attached hydrogen (secondary N) is 1. The van der Waals surface area contributed by atoms with Crippen molar-refractivity contribution in [2.75, 3.05) is 32.8 Å². The van der Waals surface area contributed by atoms with Gasteiger partial charge in [-0.2, -0.15) is 0 Å². The first-order chi connectivity index (χ1) is 12.0. The van der Waals surface area contributed by atoms with Crippen LogP contribution in [0.4, 0.5) is 0 Å². The average Bonchev–Trinajstić information content (AvgIpc) is 2.61. The maximum absolute atomic E-state index is 12.8. The van der Waals surface area contributed by atoms with E-state index in [0.29, 0.717) is 13.0 Å². The minimum Gasteiger partial charge on any atom is -0.379 e. The Morgan fingerprint density at radius 2 is 1.92 bits per heavy atom. The van der Waals surface area contributed by atoms with Gasteiger partial charge in [-0.1, -0.05) is 24.3 Å². The van der Waals surface area contributed by atoms with Crippen LogP contribution in [-0.4, -0.2) is 66.5 Å². The third-order valence-electron chi connectivity index (χ3n) is 4.98. The highest BCUT2D eigenvalue weighted by Gasteiger charge is 2.33. The van der Waals surface area contributed by atoms with Crippen molar-refractivity contribution >= 4 is 11.8 Å². The number of hydrogen-bond acceptors (Lipinski definition) is 4. The predicted molar refractivity (Wildman–Crippen MR) is 95.0 cm³/mol. The summed E-state index contributed by atoms with van der Waals surface area (Å²) >= 11 is 0. The Balaban J connectivity index is 1.64. The number of benzene rings is 1. The molecule has 136 valence electrons. The molecule has 2 aliphatic heterocycles. The number of fused-ring (bicyclic) bond motifs is 1. The van der Waals surface area contributed by atoms with Gasteiger partial charge in [-0.3, -0.25) is 14.5 Å². The minimum atomic E-state index is -0.431. The summed E-state index contributed by atoms with van der Waals surface area (Å²) in [6, 6.07) is 7.64. The molecule has 2 amide bonds. The zero-order valence-corrected chi connectivity index (χ0v) is 15.0. The molecule has 1 N–H and O–H groups in total. The Bertz CT molecular complexity index is 628. The van der Waals surface area contributed by atoms with Gasteiger partial charge in [-0.05, 0) is 18.1 Å². The summed E-state index contributed by atoms with van der Waals surface area (Å²) in [5.41, 5.74) is 2.28. The standard InChI is InChI=1S/C19H27N3O3/c1-14(12-21-7-9-25-10-8-21)20-19(24)18-11-16-5-3-4-6-17(16)13-22(18)15(2)23/h3-6,14,18H,7-13H2,1-2H3,(H,20,24)/t14?,18-/m0/s1. The molecule has 0 aromatic heterocycles. The van der Waals surface area contributed by atoms with Crippen molar-refractivity contribution in [2.45, 2.75) is 38.9 Å². The summed E-state index contributed by atoms with van der Waals surface area (Å²) in [5.74, 6) is -0.124. The number of amides is 2. The molecule has 0 radical (unpaired) electrons. The van der Waals surface area contributed by atoms with Crippen molar-refractivity contribution < 1.29 is 14.3 Å². The molecular weight excluding hydrogens is 318 g/mol. The molecule has 1 fully saturated rings. The molecule has 0 bridgehead atoms. The van der Waals surface area contributed by atoms with Crippen LogP contribution in [0.3, 0.4) is 0 Å². The molecular formula is C19H27N3O3. The van der Waals surface area contributed by atoms with E-state index >= 15 is 0 Å². The zero-order valence-electron chi connectivity index (χ0n) is 15.0. The Labute approximate surface area is 149 Å². The van der Waals surface area contributed by atoms with E-state index in [4.69, 9.17) is 4.74 Å². The molecule has 0 spiro atoms. The van der Waals surface area contributed by atoms with Gasteiger partial charge in [-0.25, -0.2) is 0 Å². The molecule has 1 unspecified atom stereocenters. The normalized spacial score (nSPS) is 22.2. The fourth-order valence-corrected chi connectivity index (χ4v) is 3.64. The Morgan fingerprint density at radius 3 is 2.60 bits per heavy atom. The van der Waals surface area contributed by atoms with Crippen LogP contribution in [0.1, 0.15) is 25.0 Å². The van der Waals surface area contributed by atoms with Gasteiger partial charge in [-0.15, -0.1) is 0 Å². The van der Waals surface area contributed by atoms with Crippen molar-refractivity contribution in [3.05, 3.63) is 35.4 Å². The molecule has 1 aromatic rings. The number of carbonyl (C=O) groups excluding carboxylic acids is 2. The highest BCUT2D eigenvalue weighted by Crippen LogP contribution is 2.23. The topological polar surface area (TPSA) is 61.9 Å². The number of hydrogen-bond donors (Lipinski definition) is 1. The van der Waals surface area contributed by atoms with Gasteiger partial charge < -0.3 is 15.0 Å². The lowest BCUT2D eigenvalue weighted by Crippen LogP contribution is -2.55. The fraction of sp³-hybridized carbons (Fsp3) is 0.579. The second-order valence-electron chi connectivity index (χ2n) is 6.96.